The fraction of sp³-hybridized carbons (Fsp3) is 0.857. The van der Waals surface area contributed by atoms with Crippen molar-refractivity contribution in [3.05, 3.63) is 11.7 Å². The molecule has 0 amide bonds. The summed E-state index contributed by atoms with van der Waals surface area (Å²) < 4.78 is 5.26. The monoisotopic (exact) mass is 251 g/mol. The molecule has 1 aromatic heterocycles. The van der Waals surface area contributed by atoms with Crippen LogP contribution in [-0.4, -0.2) is 10.1 Å². The summed E-state index contributed by atoms with van der Waals surface area (Å²) in [6.45, 7) is 4.30. The van der Waals surface area contributed by atoms with Gasteiger partial charge >= 0.3 is 0 Å². The van der Waals surface area contributed by atoms with Crippen molar-refractivity contribution < 1.29 is 4.52 Å². The molecule has 0 spiro atoms. The Morgan fingerprint density at radius 3 is 2.61 bits per heavy atom. The van der Waals surface area contributed by atoms with Crippen LogP contribution in [0.15, 0.2) is 4.52 Å². The van der Waals surface area contributed by atoms with Gasteiger partial charge in [-0.05, 0) is 38.0 Å². The number of nitrogens with zero attached hydrogens (tertiary/aromatic N) is 2. The van der Waals surface area contributed by atoms with E-state index in [0.29, 0.717) is 11.8 Å². The molecule has 2 rings (SSSR count). The molecule has 1 heterocycles. The molecule has 1 atom stereocenters. The molecular weight excluding hydrogens is 226 g/mol. The summed E-state index contributed by atoms with van der Waals surface area (Å²) in [7, 11) is 0. The van der Waals surface area contributed by atoms with Crippen LogP contribution in [0.5, 0.6) is 0 Å². The lowest BCUT2D eigenvalue weighted by atomic mass is 9.80. The largest absolute Gasteiger partial charge is 0.338 e. The zero-order chi connectivity index (χ0) is 13.0. The van der Waals surface area contributed by atoms with Crippen LogP contribution in [0.2, 0.25) is 0 Å². The lowest BCUT2D eigenvalue weighted by Crippen LogP contribution is -2.14. The maximum absolute atomic E-state index is 5.90. The molecule has 4 nitrogen and oxygen atoms in total. The molecule has 0 radical (unpaired) electrons. The molecule has 102 valence electrons. The third-order valence-electron chi connectivity index (χ3n) is 4.12. The van der Waals surface area contributed by atoms with Crippen molar-refractivity contribution in [3.8, 4) is 0 Å². The molecule has 0 bridgehead atoms. The minimum Gasteiger partial charge on any atom is -0.338 e. The number of hydrogen-bond donors (Lipinski definition) is 1. The molecule has 1 saturated carbocycles. The number of rotatable bonds is 5. The smallest absolute Gasteiger partial charge is 0.243 e. The second-order valence-electron chi connectivity index (χ2n) is 5.51. The van der Waals surface area contributed by atoms with Gasteiger partial charge < -0.3 is 10.3 Å². The van der Waals surface area contributed by atoms with Gasteiger partial charge in [0.2, 0.25) is 5.89 Å². The van der Waals surface area contributed by atoms with Crippen LogP contribution in [0.3, 0.4) is 0 Å². The van der Waals surface area contributed by atoms with E-state index in [9.17, 15) is 0 Å². The SMILES string of the molecule is CCCC1CCC(c2noc(C(N)CC)n2)CC1. The second-order valence-corrected chi connectivity index (χ2v) is 5.51. The summed E-state index contributed by atoms with van der Waals surface area (Å²) in [5, 5.41) is 4.11. The average Bonchev–Trinajstić information content (AvgIpc) is 2.89. The Morgan fingerprint density at radius 1 is 1.28 bits per heavy atom. The molecular formula is C14H25N3O. The molecule has 1 unspecified atom stereocenters. The molecule has 0 aromatic carbocycles. The van der Waals surface area contributed by atoms with E-state index in [1.54, 1.807) is 0 Å². The van der Waals surface area contributed by atoms with Crippen LogP contribution in [0.4, 0.5) is 0 Å². The Balaban J connectivity index is 1.91. The normalized spacial score (nSPS) is 26.2. The molecule has 1 fully saturated rings. The van der Waals surface area contributed by atoms with Gasteiger partial charge in [-0.1, -0.05) is 31.8 Å². The van der Waals surface area contributed by atoms with Gasteiger partial charge in [0.05, 0.1) is 6.04 Å². The Labute approximate surface area is 109 Å². The highest BCUT2D eigenvalue weighted by atomic mass is 16.5. The predicted molar refractivity (Wildman–Crippen MR) is 71.1 cm³/mol. The van der Waals surface area contributed by atoms with Gasteiger partial charge in [-0.2, -0.15) is 4.98 Å². The topological polar surface area (TPSA) is 64.9 Å². The Bertz CT molecular complexity index is 356. The first-order chi connectivity index (χ1) is 8.74. The number of aromatic nitrogens is 2. The van der Waals surface area contributed by atoms with Crippen molar-refractivity contribution in [1.29, 1.82) is 0 Å². The zero-order valence-electron chi connectivity index (χ0n) is 11.6. The summed E-state index contributed by atoms with van der Waals surface area (Å²) in [6, 6.07) is -0.109. The van der Waals surface area contributed by atoms with Crippen molar-refractivity contribution in [2.24, 2.45) is 11.7 Å². The Morgan fingerprint density at radius 2 is 2.00 bits per heavy atom. The van der Waals surface area contributed by atoms with Crippen LogP contribution < -0.4 is 5.73 Å². The first kappa shape index (κ1) is 13.5. The lowest BCUT2D eigenvalue weighted by Gasteiger charge is -2.26. The highest BCUT2D eigenvalue weighted by Gasteiger charge is 2.26. The second kappa shape index (κ2) is 6.32. The summed E-state index contributed by atoms with van der Waals surface area (Å²) in [5.74, 6) is 2.88. The summed E-state index contributed by atoms with van der Waals surface area (Å²) in [6.07, 6.45) is 8.52. The zero-order valence-corrected chi connectivity index (χ0v) is 11.6. The van der Waals surface area contributed by atoms with Crippen molar-refractivity contribution in [3.63, 3.8) is 0 Å². The van der Waals surface area contributed by atoms with E-state index in [1.807, 2.05) is 6.92 Å². The third-order valence-corrected chi connectivity index (χ3v) is 4.12. The fourth-order valence-electron chi connectivity index (χ4n) is 2.86. The summed E-state index contributed by atoms with van der Waals surface area (Å²) in [5.41, 5.74) is 5.90. The predicted octanol–water partition coefficient (Wildman–Crippen LogP) is 3.55. The van der Waals surface area contributed by atoms with Crippen molar-refractivity contribution in [2.45, 2.75) is 70.8 Å². The molecule has 0 aliphatic heterocycles. The molecule has 1 aliphatic rings. The van der Waals surface area contributed by atoms with E-state index in [0.717, 1.165) is 18.2 Å². The molecule has 18 heavy (non-hydrogen) atoms. The van der Waals surface area contributed by atoms with Crippen LogP contribution in [0.25, 0.3) is 0 Å². The summed E-state index contributed by atoms with van der Waals surface area (Å²) >= 11 is 0. The van der Waals surface area contributed by atoms with Crippen LogP contribution >= 0.6 is 0 Å². The Kier molecular flexibility index (Phi) is 4.75. The molecule has 2 N–H and O–H groups in total. The van der Waals surface area contributed by atoms with Gasteiger partial charge in [-0.15, -0.1) is 0 Å². The first-order valence-corrected chi connectivity index (χ1v) is 7.33. The van der Waals surface area contributed by atoms with E-state index in [2.05, 4.69) is 17.1 Å². The standard InChI is InChI=1S/C14H25N3O/c1-3-5-10-6-8-11(9-7-10)13-16-14(18-17-13)12(15)4-2/h10-12H,3-9,15H2,1-2H3. The van der Waals surface area contributed by atoms with Gasteiger partial charge in [0, 0.05) is 5.92 Å². The van der Waals surface area contributed by atoms with Crippen LogP contribution in [0.1, 0.15) is 82.5 Å². The maximum atomic E-state index is 5.90. The number of hydrogen-bond acceptors (Lipinski definition) is 4. The van der Waals surface area contributed by atoms with Crippen molar-refractivity contribution in [1.82, 2.24) is 10.1 Å². The van der Waals surface area contributed by atoms with Crippen LogP contribution in [0, 0.1) is 5.92 Å². The van der Waals surface area contributed by atoms with Gasteiger partial charge in [0.15, 0.2) is 5.82 Å². The van der Waals surface area contributed by atoms with E-state index >= 15 is 0 Å². The van der Waals surface area contributed by atoms with E-state index in [-0.39, 0.29) is 6.04 Å². The minimum absolute atomic E-state index is 0.109. The first-order valence-electron chi connectivity index (χ1n) is 7.33. The highest BCUT2D eigenvalue weighted by molar-refractivity contribution is 4.99. The third kappa shape index (κ3) is 3.10. The van der Waals surface area contributed by atoms with E-state index < -0.39 is 0 Å². The summed E-state index contributed by atoms with van der Waals surface area (Å²) in [4.78, 5) is 4.47. The van der Waals surface area contributed by atoms with Crippen LogP contribution in [-0.2, 0) is 0 Å². The van der Waals surface area contributed by atoms with Gasteiger partial charge in [-0.3, -0.25) is 0 Å². The van der Waals surface area contributed by atoms with Gasteiger partial charge in [0.1, 0.15) is 0 Å². The number of nitrogens with two attached hydrogens (primary N) is 1. The quantitative estimate of drug-likeness (QED) is 0.869. The van der Waals surface area contributed by atoms with E-state index in [1.165, 1.54) is 38.5 Å². The lowest BCUT2D eigenvalue weighted by molar-refractivity contribution is 0.293. The Hall–Kier alpha value is -0.900. The molecule has 4 heteroatoms. The van der Waals surface area contributed by atoms with Crippen molar-refractivity contribution >= 4 is 0 Å². The minimum atomic E-state index is -0.109. The molecule has 0 saturated heterocycles. The molecule has 1 aliphatic carbocycles. The highest BCUT2D eigenvalue weighted by Crippen LogP contribution is 2.36. The van der Waals surface area contributed by atoms with Gasteiger partial charge in [0.25, 0.3) is 0 Å². The fourth-order valence-corrected chi connectivity index (χ4v) is 2.86. The maximum Gasteiger partial charge on any atom is 0.243 e. The van der Waals surface area contributed by atoms with E-state index in [4.69, 9.17) is 10.3 Å². The average molecular weight is 251 g/mol. The van der Waals surface area contributed by atoms with Crippen molar-refractivity contribution in [2.75, 3.05) is 0 Å². The molecule has 1 aromatic rings. The van der Waals surface area contributed by atoms with Gasteiger partial charge in [-0.25, -0.2) is 0 Å².